The van der Waals surface area contributed by atoms with Crippen LogP contribution >= 0.6 is 15.9 Å². The second kappa shape index (κ2) is 4.01. The van der Waals surface area contributed by atoms with Crippen molar-refractivity contribution < 1.29 is 4.39 Å². The van der Waals surface area contributed by atoms with Crippen molar-refractivity contribution in [2.75, 3.05) is 6.54 Å². The smallest absolute Gasteiger partial charge is 0.138 e. The standard InChI is InChI=1S/C9H11BrFN/c1-6-2-3-7(10)4-8(6)9(11)5-12/h2-4,9H,5,12H2,1H3. The van der Waals surface area contributed by atoms with Crippen LogP contribution in [0.25, 0.3) is 0 Å². The molecule has 12 heavy (non-hydrogen) atoms. The molecule has 1 unspecified atom stereocenters. The summed E-state index contributed by atoms with van der Waals surface area (Å²) in [5.74, 6) is 0. The van der Waals surface area contributed by atoms with Gasteiger partial charge in [0, 0.05) is 11.0 Å². The van der Waals surface area contributed by atoms with E-state index in [4.69, 9.17) is 5.73 Å². The minimum absolute atomic E-state index is 0.0390. The van der Waals surface area contributed by atoms with Crippen LogP contribution in [0.1, 0.15) is 17.3 Å². The van der Waals surface area contributed by atoms with Gasteiger partial charge in [-0.15, -0.1) is 0 Å². The molecule has 0 saturated heterocycles. The second-order valence-corrected chi connectivity index (χ2v) is 3.62. The SMILES string of the molecule is Cc1ccc(Br)cc1C(F)CN. The van der Waals surface area contributed by atoms with E-state index in [9.17, 15) is 4.39 Å². The van der Waals surface area contributed by atoms with E-state index in [1.807, 2.05) is 19.1 Å². The van der Waals surface area contributed by atoms with Crippen LogP contribution in [0.2, 0.25) is 0 Å². The summed E-state index contributed by atoms with van der Waals surface area (Å²) in [5, 5.41) is 0. The molecule has 1 atom stereocenters. The van der Waals surface area contributed by atoms with Crippen LogP contribution in [0.3, 0.4) is 0 Å². The lowest BCUT2D eigenvalue weighted by Crippen LogP contribution is -2.08. The van der Waals surface area contributed by atoms with Gasteiger partial charge in [0.15, 0.2) is 0 Å². The number of hydrogen-bond donors (Lipinski definition) is 1. The molecule has 0 aromatic heterocycles. The van der Waals surface area contributed by atoms with Gasteiger partial charge in [-0.25, -0.2) is 4.39 Å². The molecule has 0 amide bonds. The lowest BCUT2D eigenvalue weighted by atomic mass is 10.1. The minimum atomic E-state index is -1.05. The third-order valence-corrected chi connectivity index (χ3v) is 2.28. The Balaban J connectivity index is 3.04. The molecule has 66 valence electrons. The summed E-state index contributed by atoms with van der Waals surface area (Å²) in [5.41, 5.74) is 6.85. The average molecular weight is 232 g/mol. The summed E-state index contributed by atoms with van der Waals surface area (Å²) in [7, 11) is 0. The highest BCUT2D eigenvalue weighted by Crippen LogP contribution is 2.23. The summed E-state index contributed by atoms with van der Waals surface area (Å²) >= 11 is 3.29. The monoisotopic (exact) mass is 231 g/mol. The van der Waals surface area contributed by atoms with Crippen molar-refractivity contribution in [2.24, 2.45) is 5.73 Å². The van der Waals surface area contributed by atoms with Crippen molar-refractivity contribution >= 4 is 15.9 Å². The summed E-state index contributed by atoms with van der Waals surface area (Å²) in [6.07, 6.45) is -1.05. The van der Waals surface area contributed by atoms with E-state index in [2.05, 4.69) is 15.9 Å². The first-order valence-electron chi connectivity index (χ1n) is 3.75. The van der Waals surface area contributed by atoms with Gasteiger partial charge in [-0.05, 0) is 30.2 Å². The maximum atomic E-state index is 13.2. The molecular formula is C9H11BrFN. The molecule has 1 aromatic carbocycles. The lowest BCUT2D eigenvalue weighted by molar-refractivity contribution is 0.351. The summed E-state index contributed by atoms with van der Waals surface area (Å²) in [6.45, 7) is 1.92. The fourth-order valence-electron chi connectivity index (χ4n) is 1.08. The van der Waals surface area contributed by atoms with Gasteiger partial charge in [-0.1, -0.05) is 22.0 Å². The third kappa shape index (κ3) is 2.05. The summed E-state index contributed by atoms with van der Waals surface area (Å²) in [6, 6.07) is 5.54. The molecule has 0 spiro atoms. The molecule has 0 heterocycles. The molecule has 0 aliphatic carbocycles. The molecule has 0 aliphatic rings. The van der Waals surface area contributed by atoms with E-state index in [1.54, 1.807) is 6.07 Å². The first-order chi connectivity index (χ1) is 5.65. The number of hydrogen-bond acceptors (Lipinski definition) is 1. The predicted octanol–water partition coefficient (Wildman–Crippen LogP) is 2.73. The minimum Gasteiger partial charge on any atom is -0.327 e. The first kappa shape index (κ1) is 9.68. The van der Waals surface area contributed by atoms with Crippen molar-refractivity contribution in [3.8, 4) is 0 Å². The van der Waals surface area contributed by atoms with Crippen LogP contribution in [-0.4, -0.2) is 6.54 Å². The summed E-state index contributed by atoms with van der Waals surface area (Å²) in [4.78, 5) is 0. The van der Waals surface area contributed by atoms with Gasteiger partial charge < -0.3 is 5.73 Å². The molecule has 0 fully saturated rings. The molecule has 1 nitrogen and oxygen atoms in total. The van der Waals surface area contributed by atoms with Gasteiger partial charge in [0.25, 0.3) is 0 Å². The maximum absolute atomic E-state index is 13.2. The largest absolute Gasteiger partial charge is 0.327 e. The van der Waals surface area contributed by atoms with Crippen LogP contribution in [0.15, 0.2) is 22.7 Å². The van der Waals surface area contributed by atoms with Crippen molar-refractivity contribution in [3.05, 3.63) is 33.8 Å². The molecule has 1 rings (SSSR count). The number of aryl methyl sites for hydroxylation is 1. The van der Waals surface area contributed by atoms with E-state index >= 15 is 0 Å². The Morgan fingerprint density at radius 2 is 2.25 bits per heavy atom. The van der Waals surface area contributed by atoms with Crippen molar-refractivity contribution in [2.45, 2.75) is 13.1 Å². The summed E-state index contributed by atoms with van der Waals surface area (Å²) < 4.78 is 14.0. The Labute approximate surface area is 79.9 Å². The zero-order chi connectivity index (χ0) is 9.14. The van der Waals surface area contributed by atoms with Crippen LogP contribution in [0.4, 0.5) is 4.39 Å². The van der Waals surface area contributed by atoms with Gasteiger partial charge in [-0.2, -0.15) is 0 Å². The molecule has 0 aliphatic heterocycles. The van der Waals surface area contributed by atoms with Crippen LogP contribution < -0.4 is 5.73 Å². The van der Waals surface area contributed by atoms with Crippen molar-refractivity contribution in [3.63, 3.8) is 0 Å². The molecule has 1 aromatic rings. The molecule has 0 radical (unpaired) electrons. The van der Waals surface area contributed by atoms with Crippen LogP contribution in [0.5, 0.6) is 0 Å². The maximum Gasteiger partial charge on any atom is 0.138 e. The third-order valence-electron chi connectivity index (χ3n) is 1.79. The predicted molar refractivity (Wildman–Crippen MR) is 51.8 cm³/mol. The number of nitrogens with two attached hydrogens (primary N) is 1. The van der Waals surface area contributed by atoms with E-state index < -0.39 is 6.17 Å². The Morgan fingerprint density at radius 1 is 1.58 bits per heavy atom. The highest BCUT2D eigenvalue weighted by atomic mass is 79.9. The topological polar surface area (TPSA) is 26.0 Å². The first-order valence-corrected chi connectivity index (χ1v) is 4.54. The van der Waals surface area contributed by atoms with E-state index in [-0.39, 0.29) is 6.54 Å². The zero-order valence-corrected chi connectivity index (χ0v) is 8.44. The Morgan fingerprint density at radius 3 is 2.83 bits per heavy atom. The van der Waals surface area contributed by atoms with E-state index in [0.29, 0.717) is 5.56 Å². The Bertz CT molecular complexity index is 275. The average Bonchev–Trinajstić information content (AvgIpc) is 2.08. The fraction of sp³-hybridized carbons (Fsp3) is 0.333. The van der Waals surface area contributed by atoms with Gasteiger partial charge in [0.05, 0.1) is 0 Å². The Kier molecular flexibility index (Phi) is 3.23. The highest BCUT2D eigenvalue weighted by molar-refractivity contribution is 9.10. The number of benzene rings is 1. The normalized spacial score (nSPS) is 13.0. The zero-order valence-electron chi connectivity index (χ0n) is 6.85. The van der Waals surface area contributed by atoms with Crippen molar-refractivity contribution in [1.82, 2.24) is 0 Å². The molecular weight excluding hydrogens is 221 g/mol. The van der Waals surface area contributed by atoms with Crippen molar-refractivity contribution in [1.29, 1.82) is 0 Å². The van der Waals surface area contributed by atoms with Crippen LogP contribution in [0, 0.1) is 6.92 Å². The lowest BCUT2D eigenvalue weighted by Gasteiger charge is -2.09. The van der Waals surface area contributed by atoms with Crippen LogP contribution in [-0.2, 0) is 0 Å². The molecule has 0 bridgehead atoms. The Hall–Kier alpha value is -0.410. The quantitative estimate of drug-likeness (QED) is 0.833. The van der Waals surface area contributed by atoms with Gasteiger partial charge >= 0.3 is 0 Å². The number of rotatable bonds is 2. The highest BCUT2D eigenvalue weighted by Gasteiger charge is 2.09. The molecule has 0 saturated carbocycles. The molecule has 2 N–H and O–H groups in total. The molecule has 3 heteroatoms. The number of halogens is 2. The van der Waals surface area contributed by atoms with Gasteiger partial charge in [0.1, 0.15) is 6.17 Å². The van der Waals surface area contributed by atoms with Gasteiger partial charge in [0.2, 0.25) is 0 Å². The fourth-order valence-corrected chi connectivity index (χ4v) is 1.45. The van der Waals surface area contributed by atoms with Gasteiger partial charge in [-0.3, -0.25) is 0 Å². The number of alkyl halides is 1. The van der Waals surface area contributed by atoms with E-state index in [0.717, 1.165) is 10.0 Å². The second-order valence-electron chi connectivity index (χ2n) is 2.70. The van der Waals surface area contributed by atoms with E-state index in [1.165, 1.54) is 0 Å².